The van der Waals surface area contributed by atoms with Crippen LogP contribution < -0.4 is 16.6 Å². The van der Waals surface area contributed by atoms with Gasteiger partial charge < -0.3 is 16.0 Å². The predicted molar refractivity (Wildman–Crippen MR) is 93.4 cm³/mol. The van der Waals surface area contributed by atoms with Crippen LogP contribution in [0.2, 0.25) is 0 Å². The summed E-state index contributed by atoms with van der Waals surface area (Å²) in [4.78, 5) is 41.4. The van der Waals surface area contributed by atoms with Crippen molar-refractivity contribution in [2.24, 2.45) is 5.73 Å². The van der Waals surface area contributed by atoms with E-state index >= 15 is 0 Å². The molecule has 0 saturated carbocycles. The Morgan fingerprint density at radius 2 is 2.12 bits per heavy atom. The Morgan fingerprint density at radius 3 is 2.73 bits per heavy atom. The monoisotopic (exact) mass is 382 g/mol. The zero-order valence-corrected chi connectivity index (χ0v) is 14.5. The van der Waals surface area contributed by atoms with Gasteiger partial charge in [-0.05, 0) is 43.3 Å². The largest absolute Gasteiger partial charge is 0.366 e. The van der Waals surface area contributed by atoms with Crippen molar-refractivity contribution >= 4 is 29.3 Å². The second-order valence-electron chi connectivity index (χ2n) is 5.31. The van der Waals surface area contributed by atoms with Crippen molar-refractivity contribution in [1.82, 2.24) is 9.97 Å². The molecule has 7 nitrogen and oxygen atoms in total. The molecule has 1 aromatic carbocycles. The Labute approximate surface area is 151 Å². The van der Waals surface area contributed by atoms with Crippen LogP contribution in [0.5, 0.6) is 0 Å². The third kappa shape index (κ3) is 5.38. The van der Waals surface area contributed by atoms with E-state index in [-0.39, 0.29) is 46.8 Å². The van der Waals surface area contributed by atoms with Crippen LogP contribution in [0.1, 0.15) is 28.0 Å². The average Bonchev–Trinajstić information content (AvgIpc) is 2.53. The molecule has 2 aromatic rings. The van der Waals surface area contributed by atoms with Gasteiger partial charge in [0.1, 0.15) is 0 Å². The fraction of sp³-hybridized carbons (Fsp3) is 0.250. The number of anilines is 1. The van der Waals surface area contributed by atoms with Crippen molar-refractivity contribution in [1.29, 1.82) is 0 Å². The minimum atomic E-state index is -2.69. The van der Waals surface area contributed by atoms with E-state index in [1.54, 1.807) is 12.1 Å². The number of H-pyrrole nitrogens is 1. The molecule has 0 aliphatic heterocycles. The summed E-state index contributed by atoms with van der Waals surface area (Å²) in [6, 6.07) is 6.13. The van der Waals surface area contributed by atoms with Crippen molar-refractivity contribution in [3.63, 3.8) is 0 Å². The molecular weight excluding hydrogens is 366 g/mol. The molecule has 0 bridgehead atoms. The number of alkyl halides is 2. The molecule has 0 fully saturated rings. The number of aromatic amines is 1. The van der Waals surface area contributed by atoms with Gasteiger partial charge >= 0.3 is 0 Å². The van der Waals surface area contributed by atoms with Crippen LogP contribution in [-0.4, -0.2) is 27.5 Å². The Kier molecular flexibility index (Phi) is 6.45. The van der Waals surface area contributed by atoms with E-state index in [1.165, 1.54) is 19.1 Å². The Bertz CT molecular complexity index is 886. The Morgan fingerprint density at radius 1 is 1.38 bits per heavy atom. The molecule has 0 saturated heterocycles. The summed E-state index contributed by atoms with van der Waals surface area (Å²) in [5, 5.41) is 2.43. The van der Waals surface area contributed by atoms with Crippen molar-refractivity contribution in [3.8, 4) is 0 Å². The number of carbonyl (C=O) groups excluding carboxylic acids is 2. The van der Waals surface area contributed by atoms with Gasteiger partial charge in [-0.25, -0.2) is 4.98 Å². The molecule has 138 valence electrons. The molecule has 1 aromatic heterocycles. The Balaban J connectivity index is 2.02. The van der Waals surface area contributed by atoms with E-state index in [0.29, 0.717) is 11.4 Å². The number of nitrogens with one attached hydrogen (secondary N) is 2. The number of hydrogen-bond acceptors (Lipinski definition) is 5. The number of rotatable bonds is 7. The number of aryl methyl sites for hydroxylation is 1. The summed E-state index contributed by atoms with van der Waals surface area (Å²) in [6.07, 6.45) is 0.0723. The van der Waals surface area contributed by atoms with Gasteiger partial charge in [0.2, 0.25) is 11.8 Å². The summed E-state index contributed by atoms with van der Waals surface area (Å²) >= 11 is 0.148. The normalized spacial score (nSPS) is 10.8. The van der Waals surface area contributed by atoms with E-state index in [0.717, 1.165) is 0 Å². The number of hydrogen-bond donors (Lipinski definition) is 3. The lowest BCUT2D eigenvalue weighted by molar-refractivity contribution is -0.116. The lowest BCUT2D eigenvalue weighted by Crippen LogP contribution is -2.20. The van der Waals surface area contributed by atoms with Crippen LogP contribution in [0.3, 0.4) is 0 Å². The second kappa shape index (κ2) is 8.56. The summed E-state index contributed by atoms with van der Waals surface area (Å²) in [5.41, 5.74) is 5.83. The minimum Gasteiger partial charge on any atom is -0.366 e. The number of carbonyl (C=O) groups is 2. The molecule has 0 radical (unpaired) electrons. The first-order valence-corrected chi connectivity index (χ1v) is 8.38. The molecular formula is C16H16F2N4O3S. The zero-order valence-electron chi connectivity index (χ0n) is 13.7. The maximum Gasteiger partial charge on any atom is 0.291 e. The van der Waals surface area contributed by atoms with Crippen LogP contribution in [0.25, 0.3) is 0 Å². The van der Waals surface area contributed by atoms with Gasteiger partial charge in [-0.1, -0.05) is 6.07 Å². The number of thioether (sulfide) groups is 1. The maximum atomic E-state index is 12.3. The first-order chi connectivity index (χ1) is 12.3. The first kappa shape index (κ1) is 19.6. The van der Waals surface area contributed by atoms with Gasteiger partial charge in [-0.3, -0.25) is 14.4 Å². The number of primary amides is 1. The van der Waals surface area contributed by atoms with Gasteiger partial charge in [0.15, 0.2) is 5.16 Å². The number of halogens is 2. The van der Waals surface area contributed by atoms with Crippen LogP contribution in [-0.2, 0) is 11.2 Å². The topological polar surface area (TPSA) is 118 Å². The standard InChI is InChI=1S/C16H16F2N4O3S/c1-8-11(14(25)22-16(20-8)26-15(17)18)5-6-12(23)21-10-4-2-3-9(7-10)13(19)24/h2-4,7,15H,5-6H2,1H3,(H2,19,24)(H,21,23)(H,20,22,25). The van der Waals surface area contributed by atoms with Crippen LogP contribution in [0, 0.1) is 6.92 Å². The number of amides is 2. The van der Waals surface area contributed by atoms with E-state index in [1.807, 2.05) is 0 Å². The quantitative estimate of drug-likeness (QED) is 0.500. The fourth-order valence-electron chi connectivity index (χ4n) is 2.23. The zero-order chi connectivity index (χ0) is 19.3. The Hall–Kier alpha value is -2.75. The predicted octanol–water partition coefficient (Wildman–Crippen LogP) is 2.06. The van der Waals surface area contributed by atoms with E-state index < -0.39 is 17.2 Å². The van der Waals surface area contributed by atoms with Gasteiger partial charge in [0, 0.05) is 28.9 Å². The highest BCUT2D eigenvalue weighted by Gasteiger charge is 2.14. The van der Waals surface area contributed by atoms with Gasteiger partial charge in [-0.15, -0.1) is 0 Å². The van der Waals surface area contributed by atoms with Crippen LogP contribution in [0.15, 0.2) is 34.2 Å². The molecule has 0 unspecified atom stereocenters. The van der Waals surface area contributed by atoms with Crippen molar-refractivity contribution in [2.75, 3.05) is 5.32 Å². The molecule has 0 aliphatic rings. The lowest BCUT2D eigenvalue weighted by atomic mass is 10.1. The molecule has 2 amide bonds. The average molecular weight is 382 g/mol. The summed E-state index contributed by atoms with van der Waals surface area (Å²) in [7, 11) is 0. The molecule has 0 atom stereocenters. The van der Waals surface area contributed by atoms with Crippen molar-refractivity contribution in [3.05, 3.63) is 51.4 Å². The molecule has 0 spiro atoms. The highest BCUT2D eigenvalue weighted by atomic mass is 32.2. The van der Waals surface area contributed by atoms with E-state index in [9.17, 15) is 23.2 Å². The smallest absolute Gasteiger partial charge is 0.291 e. The molecule has 26 heavy (non-hydrogen) atoms. The van der Waals surface area contributed by atoms with Crippen LogP contribution >= 0.6 is 11.8 Å². The highest BCUT2D eigenvalue weighted by molar-refractivity contribution is 7.99. The number of benzene rings is 1. The molecule has 0 aliphatic carbocycles. The highest BCUT2D eigenvalue weighted by Crippen LogP contribution is 2.21. The van der Waals surface area contributed by atoms with Gasteiger partial charge in [0.05, 0.1) is 0 Å². The minimum absolute atomic E-state index is 0.0201. The van der Waals surface area contributed by atoms with Crippen LogP contribution in [0.4, 0.5) is 14.5 Å². The summed E-state index contributed by atoms with van der Waals surface area (Å²) in [5.74, 6) is -3.68. The SMILES string of the molecule is Cc1nc(SC(F)F)[nH]c(=O)c1CCC(=O)Nc1cccc(C(N)=O)c1. The third-order valence-corrected chi connectivity index (χ3v) is 4.03. The molecule has 10 heteroatoms. The maximum absolute atomic E-state index is 12.3. The summed E-state index contributed by atoms with van der Waals surface area (Å²) in [6.45, 7) is 1.52. The van der Waals surface area contributed by atoms with Gasteiger partial charge in [0.25, 0.3) is 11.3 Å². The number of aromatic nitrogens is 2. The molecule has 2 rings (SSSR count). The summed E-state index contributed by atoms with van der Waals surface area (Å²) < 4.78 is 24.7. The molecule has 4 N–H and O–H groups in total. The van der Waals surface area contributed by atoms with E-state index in [2.05, 4.69) is 15.3 Å². The number of nitrogens with zero attached hydrogens (tertiary/aromatic N) is 1. The van der Waals surface area contributed by atoms with Gasteiger partial charge in [-0.2, -0.15) is 8.78 Å². The fourth-order valence-corrected chi connectivity index (χ4v) is 2.74. The third-order valence-electron chi connectivity index (χ3n) is 3.43. The second-order valence-corrected chi connectivity index (χ2v) is 6.29. The van der Waals surface area contributed by atoms with Crippen molar-refractivity contribution in [2.45, 2.75) is 30.7 Å². The number of nitrogens with two attached hydrogens (primary N) is 1. The van der Waals surface area contributed by atoms with E-state index in [4.69, 9.17) is 5.73 Å². The van der Waals surface area contributed by atoms with Crippen molar-refractivity contribution < 1.29 is 18.4 Å². The molecule has 1 heterocycles. The first-order valence-electron chi connectivity index (χ1n) is 7.50. The lowest BCUT2D eigenvalue weighted by Gasteiger charge is -2.08.